The number of halogens is 4. The number of benzene rings is 2. The van der Waals surface area contributed by atoms with E-state index in [1.54, 1.807) is 6.07 Å². The molecule has 0 aliphatic carbocycles. The van der Waals surface area contributed by atoms with Gasteiger partial charge in [-0.1, -0.05) is 29.8 Å². The first-order valence-electron chi connectivity index (χ1n) is 8.97. The Morgan fingerprint density at radius 2 is 1.84 bits per heavy atom. The van der Waals surface area contributed by atoms with Gasteiger partial charge in [0.2, 0.25) is 15.9 Å². The Bertz CT molecular complexity index is 1140. The van der Waals surface area contributed by atoms with E-state index in [4.69, 9.17) is 11.6 Å². The van der Waals surface area contributed by atoms with E-state index in [0.29, 0.717) is 16.4 Å². The van der Waals surface area contributed by atoms with Gasteiger partial charge in [-0.3, -0.25) is 13.9 Å². The van der Waals surface area contributed by atoms with Crippen LogP contribution in [-0.2, 0) is 21.0 Å². The molecule has 0 atom stereocenters. The monoisotopic (exact) mass is 489 g/mol. The molecule has 0 spiro atoms. The molecular formula is C20H19ClF3N3O4S. The van der Waals surface area contributed by atoms with Crippen molar-refractivity contribution in [3.05, 3.63) is 71.3 Å². The van der Waals surface area contributed by atoms with Crippen LogP contribution in [0.3, 0.4) is 0 Å². The molecule has 2 aromatic carbocycles. The molecule has 0 heterocycles. The molecule has 0 aromatic heterocycles. The first-order chi connectivity index (χ1) is 14.8. The van der Waals surface area contributed by atoms with Crippen LogP contribution in [0.2, 0.25) is 5.02 Å². The summed E-state index contributed by atoms with van der Waals surface area (Å²) < 4.78 is 64.2. The van der Waals surface area contributed by atoms with Crippen molar-refractivity contribution >= 4 is 44.8 Å². The number of hydrogen-bond donors (Lipinski definition) is 2. The van der Waals surface area contributed by atoms with Gasteiger partial charge in [0.15, 0.2) is 0 Å². The van der Waals surface area contributed by atoms with Crippen LogP contribution < -0.4 is 14.9 Å². The fourth-order valence-electron chi connectivity index (χ4n) is 2.63. The molecule has 0 bridgehead atoms. The summed E-state index contributed by atoms with van der Waals surface area (Å²) in [6, 6.07) is 8.10. The lowest BCUT2D eigenvalue weighted by atomic mass is 10.1. The summed E-state index contributed by atoms with van der Waals surface area (Å²) in [6.45, 7) is 2.79. The van der Waals surface area contributed by atoms with Crippen LogP contribution in [0.25, 0.3) is 0 Å². The number of sulfonamides is 1. The average molecular weight is 490 g/mol. The van der Waals surface area contributed by atoms with Crippen LogP contribution >= 0.6 is 11.6 Å². The minimum absolute atomic E-state index is 0.0858. The molecule has 0 saturated heterocycles. The molecule has 0 saturated carbocycles. The summed E-state index contributed by atoms with van der Waals surface area (Å²) in [4.78, 5) is 24.8. The average Bonchev–Trinajstić information content (AvgIpc) is 2.69. The highest BCUT2D eigenvalue weighted by atomic mass is 35.5. The summed E-state index contributed by atoms with van der Waals surface area (Å²) in [5, 5.41) is 4.66. The minimum Gasteiger partial charge on any atom is -0.349 e. The number of para-hydroxylation sites is 1. The molecule has 2 N–H and O–H groups in total. The maximum absolute atomic E-state index is 13.1. The van der Waals surface area contributed by atoms with Gasteiger partial charge >= 0.3 is 6.18 Å². The number of rotatable bonds is 8. The molecule has 12 heteroatoms. The van der Waals surface area contributed by atoms with E-state index in [2.05, 4.69) is 17.2 Å². The molecule has 0 fully saturated rings. The Morgan fingerprint density at radius 3 is 2.44 bits per heavy atom. The number of nitrogens with zero attached hydrogens (tertiary/aromatic N) is 1. The van der Waals surface area contributed by atoms with E-state index < -0.39 is 45.8 Å². The molecule has 2 amide bonds. The van der Waals surface area contributed by atoms with Crippen LogP contribution in [-0.4, -0.2) is 39.6 Å². The second-order valence-corrected chi connectivity index (χ2v) is 8.84. The minimum atomic E-state index is -4.75. The molecule has 0 unspecified atom stereocenters. The zero-order valence-electron chi connectivity index (χ0n) is 16.7. The van der Waals surface area contributed by atoms with Gasteiger partial charge in [-0.15, -0.1) is 6.58 Å². The van der Waals surface area contributed by atoms with Crippen molar-refractivity contribution in [2.75, 3.05) is 29.0 Å². The SMILES string of the molecule is C=CCNC(=O)c1ccccc1NC(=O)CN(c1cc(C(F)(F)F)ccc1Cl)S(C)(=O)=O. The lowest BCUT2D eigenvalue weighted by Crippen LogP contribution is -2.38. The van der Waals surface area contributed by atoms with Crippen LogP contribution in [0.5, 0.6) is 0 Å². The zero-order valence-corrected chi connectivity index (χ0v) is 18.3. The number of hydrogen-bond acceptors (Lipinski definition) is 4. The Morgan fingerprint density at radius 1 is 1.19 bits per heavy atom. The number of alkyl halides is 3. The number of carbonyl (C=O) groups excluding carboxylic acids is 2. The van der Waals surface area contributed by atoms with E-state index in [1.807, 2.05) is 0 Å². The van der Waals surface area contributed by atoms with Gasteiger partial charge in [0.25, 0.3) is 5.91 Å². The maximum atomic E-state index is 13.1. The van der Waals surface area contributed by atoms with Crippen molar-refractivity contribution in [3.63, 3.8) is 0 Å². The highest BCUT2D eigenvalue weighted by molar-refractivity contribution is 7.92. The van der Waals surface area contributed by atoms with Crippen molar-refractivity contribution < 1.29 is 31.2 Å². The van der Waals surface area contributed by atoms with E-state index in [0.717, 1.165) is 12.3 Å². The van der Waals surface area contributed by atoms with Crippen molar-refractivity contribution in [1.82, 2.24) is 5.32 Å². The van der Waals surface area contributed by atoms with Crippen molar-refractivity contribution in [1.29, 1.82) is 0 Å². The summed E-state index contributed by atoms with van der Waals surface area (Å²) in [7, 11) is -4.20. The third-order valence-electron chi connectivity index (χ3n) is 4.08. The molecule has 2 aromatic rings. The van der Waals surface area contributed by atoms with Crippen molar-refractivity contribution in [2.45, 2.75) is 6.18 Å². The van der Waals surface area contributed by atoms with Crippen LogP contribution in [0.15, 0.2) is 55.1 Å². The van der Waals surface area contributed by atoms with Crippen LogP contribution in [0, 0.1) is 0 Å². The molecule has 32 heavy (non-hydrogen) atoms. The predicted molar refractivity (Wildman–Crippen MR) is 116 cm³/mol. The van der Waals surface area contributed by atoms with E-state index in [1.165, 1.54) is 24.3 Å². The third kappa shape index (κ3) is 6.47. The largest absolute Gasteiger partial charge is 0.416 e. The Labute approximate surface area is 187 Å². The molecule has 0 radical (unpaired) electrons. The Hall–Kier alpha value is -3.05. The van der Waals surface area contributed by atoms with E-state index in [9.17, 15) is 31.2 Å². The normalized spacial score (nSPS) is 11.5. The molecular weight excluding hydrogens is 471 g/mol. The topological polar surface area (TPSA) is 95.6 Å². The summed E-state index contributed by atoms with van der Waals surface area (Å²) >= 11 is 5.94. The highest BCUT2D eigenvalue weighted by Crippen LogP contribution is 2.36. The number of anilines is 2. The second-order valence-electron chi connectivity index (χ2n) is 6.53. The lowest BCUT2D eigenvalue weighted by Gasteiger charge is -2.24. The van der Waals surface area contributed by atoms with Crippen LogP contribution in [0.4, 0.5) is 24.5 Å². The van der Waals surface area contributed by atoms with Gasteiger partial charge in [0.1, 0.15) is 6.54 Å². The Kier molecular flexibility index (Phi) is 7.92. The van der Waals surface area contributed by atoms with Gasteiger partial charge in [-0.2, -0.15) is 13.2 Å². The maximum Gasteiger partial charge on any atom is 0.416 e. The zero-order chi connectivity index (χ0) is 24.1. The van der Waals surface area contributed by atoms with Gasteiger partial charge in [-0.25, -0.2) is 8.42 Å². The van der Waals surface area contributed by atoms with E-state index >= 15 is 0 Å². The quantitative estimate of drug-likeness (QED) is 0.553. The molecule has 7 nitrogen and oxygen atoms in total. The second kappa shape index (κ2) is 10.0. The standard InChI is InChI=1S/C20H19ClF3N3O4S/c1-3-10-25-19(29)14-6-4-5-7-16(14)26-18(28)12-27(32(2,30)31)17-11-13(20(22,23)24)8-9-15(17)21/h3-9,11H,1,10,12H2,2H3,(H,25,29)(H,26,28). The predicted octanol–water partition coefficient (Wildman–Crippen LogP) is 3.68. The summed E-state index contributed by atoms with van der Waals surface area (Å²) in [6.07, 6.45) is -2.56. The fraction of sp³-hybridized carbons (Fsp3) is 0.200. The van der Waals surface area contributed by atoms with Gasteiger partial charge in [0.05, 0.1) is 33.8 Å². The summed E-state index contributed by atoms with van der Waals surface area (Å²) in [5.74, 6) is -1.41. The smallest absolute Gasteiger partial charge is 0.349 e. The molecule has 172 valence electrons. The van der Waals surface area contributed by atoms with Gasteiger partial charge < -0.3 is 10.6 Å². The Balaban J connectivity index is 2.35. The van der Waals surface area contributed by atoms with Crippen molar-refractivity contribution in [2.24, 2.45) is 0 Å². The molecule has 0 aliphatic rings. The fourth-order valence-corrected chi connectivity index (χ4v) is 3.76. The number of amides is 2. The lowest BCUT2D eigenvalue weighted by molar-refractivity contribution is -0.137. The van der Waals surface area contributed by atoms with Gasteiger partial charge in [0, 0.05) is 6.54 Å². The third-order valence-corrected chi connectivity index (χ3v) is 5.53. The van der Waals surface area contributed by atoms with Gasteiger partial charge in [-0.05, 0) is 30.3 Å². The summed E-state index contributed by atoms with van der Waals surface area (Å²) in [5.41, 5.74) is -1.44. The highest BCUT2D eigenvalue weighted by Gasteiger charge is 2.33. The molecule has 2 rings (SSSR count). The molecule has 0 aliphatic heterocycles. The van der Waals surface area contributed by atoms with E-state index in [-0.39, 0.29) is 22.8 Å². The van der Waals surface area contributed by atoms with Crippen molar-refractivity contribution in [3.8, 4) is 0 Å². The number of carbonyl (C=O) groups is 2. The van der Waals surface area contributed by atoms with Crippen LogP contribution in [0.1, 0.15) is 15.9 Å². The number of nitrogens with one attached hydrogen (secondary N) is 2. The first-order valence-corrected chi connectivity index (χ1v) is 11.2. The first kappa shape index (κ1) is 25.2.